The van der Waals surface area contributed by atoms with Crippen LogP contribution in [0.25, 0.3) is 0 Å². The van der Waals surface area contributed by atoms with Gasteiger partial charge in [-0.2, -0.15) is 5.10 Å². The Hall–Kier alpha value is -0.870. The van der Waals surface area contributed by atoms with E-state index in [0.717, 1.165) is 18.5 Å². The first kappa shape index (κ1) is 14.1. The van der Waals surface area contributed by atoms with E-state index in [-0.39, 0.29) is 0 Å². The molecular formula is C16H28N4. The van der Waals surface area contributed by atoms with E-state index in [0.29, 0.717) is 6.04 Å². The van der Waals surface area contributed by atoms with Gasteiger partial charge in [0.15, 0.2) is 0 Å². The molecule has 2 fully saturated rings. The summed E-state index contributed by atoms with van der Waals surface area (Å²) in [5.74, 6) is 0.826. The number of rotatable bonds is 4. The summed E-state index contributed by atoms with van der Waals surface area (Å²) in [4.78, 5) is 0. The molecule has 1 aromatic rings. The molecule has 112 valence electrons. The summed E-state index contributed by atoms with van der Waals surface area (Å²) in [7, 11) is 2.02. The van der Waals surface area contributed by atoms with E-state index in [1.54, 1.807) is 0 Å². The van der Waals surface area contributed by atoms with Gasteiger partial charge in [-0.1, -0.05) is 12.8 Å². The molecule has 0 amide bonds. The van der Waals surface area contributed by atoms with Crippen LogP contribution in [0.3, 0.4) is 0 Å². The third kappa shape index (κ3) is 2.91. The molecule has 3 rings (SSSR count). The molecule has 4 heteroatoms. The van der Waals surface area contributed by atoms with Gasteiger partial charge < -0.3 is 10.6 Å². The molecule has 1 aliphatic heterocycles. The maximum absolute atomic E-state index is 4.33. The fraction of sp³-hybridized carbons (Fsp3) is 0.812. The summed E-state index contributed by atoms with van der Waals surface area (Å²) >= 11 is 0. The monoisotopic (exact) mass is 276 g/mol. The molecular weight excluding hydrogens is 248 g/mol. The van der Waals surface area contributed by atoms with Crippen LogP contribution in [0.4, 0.5) is 0 Å². The predicted molar refractivity (Wildman–Crippen MR) is 81.6 cm³/mol. The molecule has 0 bridgehead atoms. The Morgan fingerprint density at radius 3 is 2.90 bits per heavy atom. The van der Waals surface area contributed by atoms with Crippen LogP contribution >= 0.6 is 0 Å². The molecule has 2 N–H and O–H groups in total. The molecule has 0 aromatic carbocycles. The molecule has 3 unspecified atom stereocenters. The van der Waals surface area contributed by atoms with E-state index >= 15 is 0 Å². The topological polar surface area (TPSA) is 41.9 Å². The normalized spacial score (nSPS) is 30.8. The van der Waals surface area contributed by atoms with Crippen molar-refractivity contribution >= 4 is 0 Å². The fourth-order valence-electron chi connectivity index (χ4n) is 3.93. The van der Waals surface area contributed by atoms with Gasteiger partial charge in [-0.3, -0.25) is 4.68 Å². The van der Waals surface area contributed by atoms with E-state index < -0.39 is 0 Å². The number of piperidine rings is 1. The van der Waals surface area contributed by atoms with Gasteiger partial charge >= 0.3 is 0 Å². The highest BCUT2D eigenvalue weighted by molar-refractivity contribution is 5.15. The third-order valence-corrected chi connectivity index (χ3v) is 5.33. The molecule has 3 atom stereocenters. The molecule has 1 aromatic heterocycles. The summed E-state index contributed by atoms with van der Waals surface area (Å²) in [5, 5.41) is 11.9. The first-order valence-corrected chi connectivity index (χ1v) is 8.20. The first-order valence-electron chi connectivity index (χ1n) is 8.20. The maximum atomic E-state index is 4.33. The van der Waals surface area contributed by atoms with Crippen molar-refractivity contribution < 1.29 is 0 Å². The minimum Gasteiger partial charge on any atom is -0.314 e. The zero-order valence-corrected chi connectivity index (χ0v) is 12.9. The highest BCUT2D eigenvalue weighted by atomic mass is 15.3. The molecule has 1 aliphatic carbocycles. The van der Waals surface area contributed by atoms with Crippen molar-refractivity contribution in [2.75, 3.05) is 6.54 Å². The standard InChI is InChI=1S/C16H28N4/c1-12-13(11-19-20(12)2)10-18-16-8-5-6-14(16)15-7-3-4-9-17-15/h11,14-18H,3-10H2,1-2H3. The van der Waals surface area contributed by atoms with Crippen LogP contribution in [0.15, 0.2) is 6.20 Å². The molecule has 1 saturated heterocycles. The molecule has 2 aliphatic rings. The van der Waals surface area contributed by atoms with E-state index in [4.69, 9.17) is 0 Å². The van der Waals surface area contributed by atoms with Gasteiger partial charge in [0.1, 0.15) is 0 Å². The van der Waals surface area contributed by atoms with Crippen LogP contribution in [0.2, 0.25) is 0 Å². The zero-order chi connectivity index (χ0) is 13.9. The lowest BCUT2D eigenvalue weighted by molar-refractivity contribution is 0.256. The molecule has 4 nitrogen and oxygen atoms in total. The average Bonchev–Trinajstić information content (AvgIpc) is 3.07. The van der Waals surface area contributed by atoms with Crippen molar-refractivity contribution in [2.24, 2.45) is 13.0 Å². The van der Waals surface area contributed by atoms with Gasteiger partial charge in [0, 0.05) is 36.9 Å². The first-order chi connectivity index (χ1) is 9.75. The number of hydrogen-bond acceptors (Lipinski definition) is 3. The summed E-state index contributed by atoms with van der Waals surface area (Å²) in [5.41, 5.74) is 2.62. The van der Waals surface area contributed by atoms with Crippen LogP contribution in [-0.2, 0) is 13.6 Å². The van der Waals surface area contributed by atoms with Crippen molar-refractivity contribution in [3.63, 3.8) is 0 Å². The van der Waals surface area contributed by atoms with Crippen LogP contribution < -0.4 is 10.6 Å². The number of aryl methyl sites for hydroxylation is 1. The molecule has 0 spiro atoms. The van der Waals surface area contributed by atoms with Crippen LogP contribution in [0.1, 0.15) is 49.8 Å². The van der Waals surface area contributed by atoms with E-state index in [1.165, 1.54) is 56.3 Å². The highest BCUT2D eigenvalue weighted by Gasteiger charge is 2.33. The minimum atomic E-state index is 0.685. The van der Waals surface area contributed by atoms with Gasteiger partial charge in [-0.05, 0) is 45.1 Å². The van der Waals surface area contributed by atoms with Gasteiger partial charge in [0.25, 0.3) is 0 Å². The van der Waals surface area contributed by atoms with Crippen molar-refractivity contribution in [3.8, 4) is 0 Å². The largest absolute Gasteiger partial charge is 0.314 e. The second kappa shape index (κ2) is 6.27. The van der Waals surface area contributed by atoms with Crippen molar-refractivity contribution in [2.45, 2.75) is 64.1 Å². The lowest BCUT2D eigenvalue weighted by Crippen LogP contribution is -2.46. The Morgan fingerprint density at radius 2 is 2.20 bits per heavy atom. The third-order valence-electron chi connectivity index (χ3n) is 5.33. The quantitative estimate of drug-likeness (QED) is 0.885. The Balaban J connectivity index is 1.57. The minimum absolute atomic E-state index is 0.685. The second-order valence-electron chi connectivity index (χ2n) is 6.52. The fourth-order valence-corrected chi connectivity index (χ4v) is 3.93. The highest BCUT2D eigenvalue weighted by Crippen LogP contribution is 2.32. The smallest absolute Gasteiger partial charge is 0.0537 e. The van der Waals surface area contributed by atoms with Gasteiger partial charge in [0.2, 0.25) is 0 Å². The Bertz CT molecular complexity index is 434. The number of aromatic nitrogens is 2. The number of hydrogen-bond donors (Lipinski definition) is 2. The summed E-state index contributed by atoms with van der Waals surface area (Å²) < 4.78 is 1.96. The van der Waals surface area contributed by atoms with Gasteiger partial charge in [-0.15, -0.1) is 0 Å². The van der Waals surface area contributed by atoms with Crippen LogP contribution in [-0.4, -0.2) is 28.4 Å². The Morgan fingerprint density at radius 1 is 1.30 bits per heavy atom. The van der Waals surface area contributed by atoms with Gasteiger partial charge in [0.05, 0.1) is 6.20 Å². The predicted octanol–water partition coefficient (Wildman–Crippen LogP) is 2.13. The van der Waals surface area contributed by atoms with E-state index in [1.807, 2.05) is 17.9 Å². The van der Waals surface area contributed by atoms with Crippen LogP contribution in [0.5, 0.6) is 0 Å². The van der Waals surface area contributed by atoms with Crippen molar-refractivity contribution in [1.82, 2.24) is 20.4 Å². The molecule has 1 saturated carbocycles. The van der Waals surface area contributed by atoms with E-state index in [2.05, 4.69) is 22.7 Å². The number of nitrogens with one attached hydrogen (secondary N) is 2. The Labute approximate surface area is 122 Å². The zero-order valence-electron chi connectivity index (χ0n) is 12.9. The van der Waals surface area contributed by atoms with Crippen LogP contribution in [0, 0.1) is 12.8 Å². The van der Waals surface area contributed by atoms with Crippen molar-refractivity contribution in [3.05, 3.63) is 17.5 Å². The Kier molecular flexibility index (Phi) is 4.41. The maximum Gasteiger partial charge on any atom is 0.0537 e. The van der Waals surface area contributed by atoms with Gasteiger partial charge in [-0.25, -0.2) is 0 Å². The molecule has 20 heavy (non-hydrogen) atoms. The summed E-state index contributed by atoms with van der Waals surface area (Å²) in [6, 6.07) is 1.43. The number of nitrogens with zero attached hydrogens (tertiary/aromatic N) is 2. The molecule has 0 radical (unpaired) electrons. The van der Waals surface area contributed by atoms with Crippen molar-refractivity contribution in [1.29, 1.82) is 0 Å². The summed E-state index contributed by atoms with van der Waals surface area (Å²) in [6.07, 6.45) is 10.2. The second-order valence-corrected chi connectivity index (χ2v) is 6.52. The SMILES string of the molecule is Cc1c(CNC2CCCC2C2CCCCN2)cnn1C. The lowest BCUT2D eigenvalue weighted by atomic mass is 9.88. The summed E-state index contributed by atoms with van der Waals surface area (Å²) in [6.45, 7) is 4.34. The lowest BCUT2D eigenvalue weighted by Gasteiger charge is -2.33. The average molecular weight is 276 g/mol. The molecule has 2 heterocycles. The van der Waals surface area contributed by atoms with E-state index in [9.17, 15) is 0 Å².